The molecule has 0 aliphatic rings. The topological polar surface area (TPSA) is 67.3 Å². The van der Waals surface area contributed by atoms with Crippen molar-refractivity contribution in [2.75, 3.05) is 25.5 Å². The van der Waals surface area contributed by atoms with Crippen molar-refractivity contribution in [1.82, 2.24) is 14.9 Å². The largest absolute Gasteiger partial charge is 0.492 e. The molecule has 2 aromatic rings. The molecule has 0 aliphatic heterocycles. The third kappa shape index (κ3) is 4.92. The van der Waals surface area contributed by atoms with E-state index >= 15 is 0 Å². The number of hydrogen-bond donors (Lipinski definition) is 1. The molecular formula is C14H15ClN4O2. The number of carbonyl (C=O) groups excluding carboxylic acids is 1. The lowest BCUT2D eigenvalue weighted by molar-refractivity contribution is 0.207. The van der Waals surface area contributed by atoms with Crippen molar-refractivity contribution >= 4 is 23.4 Å². The molecule has 0 radical (unpaired) electrons. The van der Waals surface area contributed by atoms with E-state index in [9.17, 15) is 4.79 Å². The Balaban J connectivity index is 1.75. The Hall–Kier alpha value is -2.34. The van der Waals surface area contributed by atoms with Gasteiger partial charge in [-0.2, -0.15) is 0 Å². The van der Waals surface area contributed by atoms with Crippen molar-refractivity contribution in [1.29, 1.82) is 0 Å². The van der Waals surface area contributed by atoms with Gasteiger partial charge in [0.1, 0.15) is 24.5 Å². The zero-order valence-electron chi connectivity index (χ0n) is 11.5. The van der Waals surface area contributed by atoms with E-state index in [-0.39, 0.29) is 6.03 Å². The highest BCUT2D eigenvalue weighted by atomic mass is 35.5. The molecule has 2 amide bonds. The van der Waals surface area contributed by atoms with Crippen LogP contribution >= 0.6 is 11.6 Å². The first-order valence-corrected chi connectivity index (χ1v) is 6.69. The van der Waals surface area contributed by atoms with Gasteiger partial charge in [-0.3, -0.25) is 5.32 Å². The number of benzene rings is 1. The molecular weight excluding hydrogens is 292 g/mol. The van der Waals surface area contributed by atoms with Crippen LogP contribution in [-0.4, -0.2) is 41.1 Å². The number of amides is 2. The van der Waals surface area contributed by atoms with Crippen molar-refractivity contribution in [2.45, 2.75) is 0 Å². The van der Waals surface area contributed by atoms with Crippen molar-refractivity contribution in [3.63, 3.8) is 0 Å². The van der Waals surface area contributed by atoms with E-state index in [2.05, 4.69) is 15.3 Å². The van der Waals surface area contributed by atoms with E-state index in [1.54, 1.807) is 43.6 Å². The van der Waals surface area contributed by atoms with E-state index in [1.807, 2.05) is 0 Å². The molecule has 7 heteroatoms. The van der Waals surface area contributed by atoms with Crippen molar-refractivity contribution in [2.24, 2.45) is 0 Å². The summed E-state index contributed by atoms with van der Waals surface area (Å²) < 4.78 is 5.53. The first-order valence-electron chi connectivity index (χ1n) is 6.31. The van der Waals surface area contributed by atoms with Gasteiger partial charge in [0, 0.05) is 18.3 Å². The Labute approximate surface area is 127 Å². The number of halogens is 1. The predicted molar refractivity (Wildman–Crippen MR) is 80.6 cm³/mol. The maximum atomic E-state index is 11.9. The fraction of sp³-hybridized carbons (Fsp3) is 0.214. The smallest absolute Gasteiger partial charge is 0.322 e. The lowest BCUT2D eigenvalue weighted by Crippen LogP contribution is -2.34. The average Bonchev–Trinajstić information content (AvgIpc) is 2.50. The zero-order chi connectivity index (χ0) is 15.1. The minimum atomic E-state index is -0.256. The number of likely N-dealkylation sites (N-methyl/N-ethyl adjacent to an activating group) is 1. The highest BCUT2D eigenvalue weighted by Gasteiger charge is 2.09. The molecule has 0 saturated heterocycles. The molecule has 1 N–H and O–H groups in total. The normalized spacial score (nSPS) is 10.0. The summed E-state index contributed by atoms with van der Waals surface area (Å²) in [5, 5.41) is 3.32. The molecule has 0 unspecified atom stereocenters. The molecule has 0 bridgehead atoms. The number of ether oxygens (including phenoxy) is 1. The molecule has 1 heterocycles. The van der Waals surface area contributed by atoms with E-state index in [4.69, 9.17) is 16.3 Å². The standard InChI is InChI=1S/C14H15ClN4O2/c1-19(14(20)18-13-6-7-16-10-17-13)8-9-21-12-4-2-11(15)3-5-12/h2-7,10H,8-9H2,1H3,(H,16,17,18,20). The number of urea groups is 1. The van der Waals surface area contributed by atoms with Gasteiger partial charge >= 0.3 is 6.03 Å². The SMILES string of the molecule is CN(CCOc1ccc(Cl)cc1)C(=O)Nc1ccncn1. The molecule has 6 nitrogen and oxygen atoms in total. The van der Waals surface area contributed by atoms with E-state index in [0.29, 0.717) is 29.7 Å². The first kappa shape index (κ1) is 15.1. The zero-order valence-corrected chi connectivity index (χ0v) is 12.2. The summed E-state index contributed by atoms with van der Waals surface area (Å²) in [6.45, 7) is 0.828. The fourth-order valence-electron chi connectivity index (χ4n) is 1.50. The molecule has 110 valence electrons. The quantitative estimate of drug-likeness (QED) is 0.922. The summed E-state index contributed by atoms with van der Waals surface area (Å²) in [7, 11) is 1.68. The summed E-state index contributed by atoms with van der Waals surface area (Å²) in [4.78, 5) is 21.1. The van der Waals surface area contributed by atoms with Crippen LogP contribution in [0.25, 0.3) is 0 Å². The third-order valence-corrected chi connectivity index (χ3v) is 2.92. The Morgan fingerprint density at radius 2 is 2.10 bits per heavy atom. The first-order chi connectivity index (χ1) is 10.1. The molecule has 2 rings (SSSR count). The fourth-order valence-corrected chi connectivity index (χ4v) is 1.63. The van der Waals surface area contributed by atoms with Gasteiger partial charge in [-0.1, -0.05) is 11.6 Å². The van der Waals surface area contributed by atoms with Crippen molar-refractivity contribution < 1.29 is 9.53 Å². The van der Waals surface area contributed by atoms with Crippen LogP contribution < -0.4 is 10.1 Å². The second kappa shape index (κ2) is 7.44. The van der Waals surface area contributed by atoms with E-state index in [0.717, 1.165) is 0 Å². The lowest BCUT2D eigenvalue weighted by Gasteiger charge is -2.17. The lowest BCUT2D eigenvalue weighted by atomic mass is 10.3. The van der Waals surface area contributed by atoms with Crippen molar-refractivity contribution in [3.05, 3.63) is 47.9 Å². The minimum absolute atomic E-state index is 0.256. The molecule has 0 atom stereocenters. The molecule has 0 aliphatic carbocycles. The van der Waals surface area contributed by atoms with Gasteiger partial charge in [-0.15, -0.1) is 0 Å². The second-order valence-corrected chi connectivity index (χ2v) is 4.69. The predicted octanol–water partition coefficient (Wildman–Crippen LogP) is 2.67. The summed E-state index contributed by atoms with van der Waals surface area (Å²) in [5.74, 6) is 1.17. The number of anilines is 1. The Bertz CT molecular complexity index is 577. The van der Waals surface area contributed by atoms with Crippen LogP contribution in [0.2, 0.25) is 5.02 Å². The van der Waals surface area contributed by atoms with Crippen LogP contribution in [0, 0.1) is 0 Å². The molecule has 1 aromatic heterocycles. The van der Waals surface area contributed by atoms with Gasteiger partial charge in [0.2, 0.25) is 0 Å². The van der Waals surface area contributed by atoms with Crippen LogP contribution in [0.3, 0.4) is 0 Å². The monoisotopic (exact) mass is 306 g/mol. The maximum absolute atomic E-state index is 11.9. The molecule has 0 fully saturated rings. The Kier molecular flexibility index (Phi) is 5.34. The number of hydrogen-bond acceptors (Lipinski definition) is 4. The van der Waals surface area contributed by atoms with E-state index < -0.39 is 0 Å². The van der Waals surface area contributed by atoms with Gasteiger partial charge in [-0.25, -0.2) is 14.8 Å². The number of aromatic nitrogens is 2. The Morgan fingerprint density at radius 1 is 1.33 bits per heavy atom. The van der Waals surface area contributed by atoms with Crippen LogP contribution in [0.15, 0.2) is 42.9 Å². The summed E-state index contributed by atoms with van der Waals surface area (Å²) in [6, 6.07) is 8.43. The van der Waals surface area contributed by atoms with Crippen molar-refractivity contribution in [3.8, 4) is 5.75 Å². The maximum Gasteiger partial charge on any atom is 0.322 e. The Morgan fingerprint density at radius 3 is 2.76 bits per heavy atom. The van der Waals surface area contributed by atoms with Gasteiger partial charge < -0.3 is 9.64 Å². The summed E-state index contributed by atoms with van der Waals surface area (Å²) in [6.07, 6.45) is 2.94. The highest BCUT2D eigenvalue weighted by molar-refractivity contribution is 6.30. The van der Waals surface area contributed by atoms with Gasteiger partial charge in [0.05, 0.1) is 6.54 Å². The number of nitrogens with zero attached hydrogens (tertiary/aromatic N) is 3. The molecule has 0 spiro atoms. The average molecular weight is 307 g/mol. The third-order valence-electron chi connectivity index (χ3n) is 2.67. The number of carbonyl (C=O) groups is 1. The number of nitrogens with one attached hydrogen (secondary N) is 1. The minimum Gasteiger partial charge on any atom is -0.492 e. The van der Waals surface area contributed by atoms with Crippen LogP contribution in [0.5, 0.6) is 5.75 Å². The molecule has 0 saturated carbocycles. The van der Waals surface area contributed by atoms with Gasteiger partial charge in [-0.05, 0) is 30.3 Å². The molecule has 1 aromatic carbocycles. The van der Waals surface area contributed by atoms with Crippen LogP contribution in [0.1, 0.15) is 0 Å². The highest BCUT2D eigenvalue weighted by Crippen LogP contribution is 2.15. The summed E-state index contributed by atoms with van der Waals surface area (Å²) >= 11 is 5.79. The second-order valence-electron chi connectivity index (χ2n) is 4.25. The van der Waals surface area contributed by atoms with Crippen LogP contribution in [0.4, 0.5) is 10.6 Å². The van der Waals surface area contributed by atoms with Crippen LogP contribution in [-0.2, 0) is 0 Å². The number of rotatable bonds is 5. The van der Waals surface area contributed by atoms with E-state index in [1.165, 1.54) is 11.2 Å². The summed E-state index contributed by atoms with van der Waals surface area (Å²) in [5.41, 5.74) is 0. The van der Waals surface area contributed by atoms with Gasteiger partial charge in [0.25, 0.3) is 0 Å². The van der Waals surface area contributed by atoms with Gasteiger partial charge in [0.15, 0.2) is 0 Å². The molecule has 21 heavy (non-hydrogen) atoms.